The second-order valence-electron chi connectivity index (χ2n) is 7.52. The third-order valence-electron chi connectivity index (χ3n) is 6.00. The lowest BCUT2D eigenvalue weighted by molar-refractivity contribution is -0.0946. The van der Waals surface area contributed by atoms with E-state index < -0.39 is 15.6 Å². The van der Waals surface area contributed by atoms with Crippen LogP contribution in [0.3, 0.4) is 0 Å². The van der Waals surface area contributed by atoms with Gasteiger partial charge in [-0.05, 0) is 32.8 Å². The third-order valence-corrected chi connectivity index (χ3v) is 7.26. The molecule has 0 spiro atoms. The van der Waals surface area contributed by atoms with Crippen LogP contribution in [0.15, 0.2) is 6.07 Å². The molecule has 2 atom stereocenters. The van der Waals surface area contributed by atoms with Crippen molar-refractivity contribution in [1.29, 1.82) is 0 Å². The van der Waals surface area contributed by atoms with E-state index in [1.54, 1.807) is 4.90 Å². The first-order chi connectivity index (χ1) is 11.5. The van der Waals surface area contributed by atoms with Crippen molar-refractivity contribution in [2.45, 2.75) is 32.3 Å². The average Bonchev–Trinajstić information content (AvgIpc) is 2.79. The molecule has 0 saturated carbocycles. The fourth-order valence-corrected chi connectivity index (χ4v) is 4.87. The molecule has 3 heterocycles. The van der Waals surface area contributed by atoms with Gasteiger partial charge in [0, 0.05) is 50.5 Å². The predicted octanol–water partition coefficient (Wildman–Crippen LogP) is 0.500. The van der Waals surface area contributed by atoms with Gasteiger partial charge in [0.2, 0.25) is 10.0 Å². The first-order valence-electron chi connectivity index (χ1n) is 8.62. The molecule has 3 rings (SSSR count). The maximum absolute atomic E-state index is 12.9. The number of amides is 1. The largest absolute Gasteiger partial charge is 0.389 e. The van der Waals surface area contributed by atoms with Crippen LogP contribution in [0.4, 0.5) is 0 Å². The SMILES string of the molecule is Cc1cc(C(=O)N2CC[C@@]3(O)CCN(S(C)(=O)=O)C[C@H]3C2)c(C)n1C. The van der Waals surface area contributed by atoms with E-state index in [4.69, 9.17) is 0 Å². The van der Waals surface area contributed by atoms with Gasteiger partial charge in [-0.25, -0.2) is 12.7 Å². The highest BCUT2D eigenvalue weighted by Crippen LogP contribution is 2.36. The van der Waals surface area contributed by atoms with Crippen LogP contribution in [0.1, 0.15) is 34.6 Å². The summed E-state index contributed by atoms with van der Waals surface area (Å²) in [4.78, 5) is 14.7. The van der Waals surface area contributed by atoms with Gasteiger partial charge in [-0.1, -0.05) is 0 Å². The first-order valence-corrected chi connectivity index (χ1v) is 10.5. The maximum Gasteiger partial charge on any atom is 0.255 e. The van der Waals surface area contributed by atoms with Crippen molar-refractivity contribution in [2.75, 3.05) is 32.4 Å². The molecule has 1 N–H and O–H groups in total. The number of hydrogen-bond donors (Lipinski definition) is 1. The van der Waals surface area contributed by atoms with Gasteiger partial charge >= 0.3 is 0 Å². The van der Waals surface area contributed by atoms with Crippen LogP contribution in [0.5, 0.6) is 0 Å². The number of hydrogen-bond acceptors (Lipinski definition) is 4. The number of aromatic nitrogens is 1. The maximum atomic E-state index is 12.9. The van der Waals surface area contributed by atoms with E-state index in [9.17, 15) is 18.3 Å². The predicted molar refractivity (Wildman–Crippen MR) is 94.9 cm³/mol. The van der Waals surface area contributed by atoms with Gasteiger partial charge in [0.05, 0.1) is 17.4 Å². The van der Waals surface area contributed by atoms with E-state index >= 15 is 0 Å². The molecule has 0 bridgehead atoms. The topological polar surface area (TPSA) is 82.9 Å². The number of likely N-dealkylation sites (tertiary alicyclic amines) is 1. The Balaban J connectivity index is 1.80. The number of nitrogens with zero attached hydrogens (tertiary/aromatic N) is 3. The van der Waals surface area contributed by atoms with Gasteiger partial charge in [0.25, 0.3) is 5.91 Å². The summed E-state index contributed by atoms with van der Waals surface area (Å²) >= 11 is 0. The lowest BCUT2D eigenvalue weighted by Crippen LogP contribution is -2.61. The average molecular weight is 369 g/mol. The zero-order chi connectivity index (χ0) is 18.6. The summed E-state index contributed by atoms with van der Waals surface area (Å²) in [6.45, 7) is 5.38. The Labute approximate surface area is 149 Å². The molecular formula is C17H27N3O4S. The quantitative estimate of drug-likeness (QED) is 0.823. The molecule has 2 fully saturated rings. The summed E-state index contributed by atoms with van der Waals surface area (Å²) in [6.07, 6.45) is 2.11. The number of aryl methyl sites for hydroxylation is 1. The lowest BCUT2D eigenvalue weighted by Gasteiger charge is -2.49. The number of aliphatic hydroxyl groups is 1. The molecule has 0 aromatic carbocycles. The minimum Gasteiger partial charge on any atom is -0.389 e. The molecule has 8 heteroatoms. The van der Waals surface area contributed by atoms with Crippen LogP contribution < -0.4 is 0 Å². The van der Waals surface area contributed by atoms with Crippen molar-refractivity contribution in [3.05, 3.63) is 23.0 Å². The van der Waals surface area contributed by atoms with Gasteiger partial charge in [-0.15, -0.1) is 0 Å². The van der Waals surface area contributed by atoms with Gasteiger partial charge in [-0.3, -0.25) is 4.79 Å². The summed E-state index contributed by atoms with van der Waals surface area (Å²) in [6, 6.07) is 1.89. The third kappa shape index (κ3) is 3.22. The van der Waals surface area contributed by atoms with Gasteiger partial charge in [-0.2, -0.15) is 0 Å². The number of carbonyl (C=O) groups excluding carboxylic acids is 1. The summed E-state index contributed by atoms with van der Waals surface area (Å²) in [5.41, 5.74) is 1.75. The first kappa shape index (κ1) is 18.4. The number of piperidine rings is 2. The van der Waals surface area contributed by atoms with E-state index in [1.807, 2.05) is 31.5 Å². The van der Waals surface area contributed by atoms with Crippen molar-refractivity contribution >= 4 is 15.9 Å². The number of fused-ring (bicyclic) bond motifs is 1. The van der Waals surface area contributed by atoms with Crippen molar-refractivity contribution in [3.63, 3.8) is 0 Å². The highest BCUT2D eigenvalue weighted by Gasteiger charge is 2.47. The second-order valence-corrected chi connectivity index (χ2v) is 9.50. The van der Waals surface area contributed by atoms with Crippen molar-refractivity contribution in [2.24, 2.45) is 13.0 Å². The van der Waals surface area contributed by atoms with E-state index in [-0.39, 0.29) is 18.4 Å². The lowest BCUT2D eigenvalue weighted by atomic mass is 9.76. The Morgan fingerprint density at radius 1 is 1.24 bits per heavy atom. The Hall–Kier alpha value is -1.38. The highest BCUT2D eigenvalue weighted by atomic mass is 32.2. The standard InChI is InChI=1S/C17H27N3O4S/c1-12-9-15(13(2)18(12)3)16(21)19-7-5-17(22)6-8-20(25(4,23)24)11-14(17)10-19/h9,14,22H,5-8,10-11H2,1-4H3/t14-,17-/m1/s1. The van der Waals surface area contributed by atoms with Crippen LogP contribution in [0.25, 0.3) is 0 Å². The molecule has 2 saturated heterocycles. The fraction of sp³-hybridized carbons (Fsp3) is 0.706. The number of carbonyl (C=O) groups is 1. The molecule has 7 nitrogen and oxygen atoms in total. The smallest absolute Gasteiger partial charge is 0.255 e. The van der Waals surface area contributed by atoms with E-state index in [0.29, 0.717) is 38.0 Å². The van der Waals surface area contributed by atoms with Crippen LogP contribution in [-0.2, 0) is 17.1 Å². The second kappa shape index (κ2) is 6.10. The van der Waals surface area contributed by atoms with E-state index in [1.165, 1.54) is 10.6 Å². The van der Waals surface area contributed by atoms with Gasteiger partial charge in [0.15, 0.2) is 0 Å². The van der Waals surface area contributed by atoms with Crippen LogP contribution in [0.2, 0.25) is 0 Å². The molecule has 1 aromatic rings. The summed E-state index contributed by atoms with van der Waals surface area (Å²) in [7, 11) is -1.35. The minimum atomic E-state index is -3.29. The Morgan fingerprint density at radius 2 is 1.88 bits per heavy atom. The Kier molecular flexibility index (Phi) is 4.50. The van der Waals surface area contributed by atoms with Crippen molar-refractivity contribution in [3.8, 4) is 0 Å². The monoisotopic (exact) mass is 369 g/mol. The number of sulfonamides is 1. The molecule has 0 unspecified atom stereocenters. The van der Waals surface area contributed by atoms with Crippen molar-refractivity contribution < 1.29 is 18.3 Å². The van der Waals surface area contributed by atoms with Crippen LogP contribution >= 0.6 is 0 Å². The summed E-state index contributed by atoms with van der Waals surface area (Å²) < 4.78 is 27.1. The van der Waals surface area contributed by atoms with Crippen LogP contribution in [-0.4, -0.2) is 71.2 Å². The summed E-state index contributed by atoms with van der Waals surface area (Å²) in [5.74, 6) is -0.293. The molecule has 1 aromatic heterocycles. The Bertz CT molecular complexity index is 801. The molecular weight excluding hydrogens is 342 g/mol. The molecule has 2 aliphatic rings. The van der Waals surface area contributed by atoms with Gasteiger partial charge < -0.3 is 14.6 Å². The van der Waals surface area contributed by atoms with E-state index in [0.717, 1.165) is 11.4 Å². The summed E-state index contributed by atoms with van der Waals surface area (Å²) in [5, 5.41) is 10.9. The molecule has 0 aliphatic carbocycles. The van der Waals surface area contributed by atoms with E-state index in [2.05, 4.69) is 0 Å². The normalized spacial score (nSPS) is 28.0. The fourth-order valence-electron chi connectivity index (χ4n) is 4.00. The molecule has 1 amide bonds. The van der Waals surface area contributed by atoms with Crippen LogP contribution in [0, 0.1) is 19.8 Å². The Morgan fingerprint density at radius 3 is 2.44 bits per heavy atom. The molecule has 140 valence electrons. The zero-order valence-corrected chi connectivity index (χ0v) is 16.1. The zero-order valence-electron chi connectivity index (χ0n) is 15.3. The highest BCUT2D eigenvalue weighted by molar-refractivity contribution is 7.88. The molecule has 0 radical (unpaired) electrons. The minimum absolute atomic E-state index is 0.0419. The van der Waals surface area contributed by atoms with Crippen molar-refractivity contribution in [1.82, 2.24) is 13.8 Å². The number of rotatable bonds is 2. The van der Waals surface area contributed by atoms with Gasteiger partial charge in [0.1, 0.15) is 0 Å². The molecule has 25 heavy (non-hydrogen) atoms. The molecule has 2 aliphatic heterocycles.